The lowest BCUT2D eigenvalue weighted by molar-refractivity contribution is -0.384. The molecule has 0 saturated heterocycles. The monoisotopic (exact) mass is 430 g/mol. The normalized spacial score (nSPS) is 10.6. The Morgan fingerprint density at radius 2 is 1.75 bits per heavy atom. The molecular weight excluding hydrogens is 412 g/mol. The average Bonchev–Trinajstić information content (AvgIpc) is 3.13. The molecule has 0 bridgehead atoms. The van der Waals surface area contributed by atoms with E-state index >= 15 is 0 Å². The smallest absolute Gasteiger partial charge is 0.269 e. The molecule has 0 aliphatic heterocycles. The van der Waals surface area contributed by atoms with Crippen molar-refractivity contribution >= 4 is 17.3 Å². The van der Waals surface area contributed by atoms with E-state index in [0.29, 0.717) is 28.7 Å². The van der Waals surface area contributed by atoms with E-state index in [9.17, 15) is 14.9 Å². The third-order valence-corrected chi connectivity index (χ3v) is 4.53. The third kappa shape index (κ3) is 4.59. The lowest BCUT2D eigenvalue weighted by Gasteiger charge is -2.09. The second-order valence-electron chi connectivity index (χ2n) is 6.94. The number of carbonyl (C=O) groups is 1. The summed E-state index contributed by atoms with van der Waals surface area (Å²) in [5, 5.41) is 17.9. The van der Waals surface area contributed by atoms with Gasteiger partial charge in [-0.15, -0.1) is 0 Å². The number of nitro groups is 1. The van der Waals surface area contributed by atoms with Gasteiger partial charge in [0.15, 0.2) is 5.82 Å². The van der Waals surface area contributed by atoms with Gasteiger partial charge in [-0.25, -0.2) is 14.6 Å². The fraction of sp³-hybridized carbons (Fsp3) is 0.0909. The van der Waals surface area contributed by atoms with Gasteiger partial charge in [0.2, 0.25) is 5.88 Å². The second kappa shape index (κ2) is 8.64. The van der Waals surface area contributed by atoms with Gasteiger partial charge in [0.05, 0.1) is 10.6 Å². The quantitative estimate of drug-likeness (QED) is 0.358. The van der Waals surface area contributed by atoms with E-state index in [-0.39, 0.29) is 11.6 Å². The average molecular weight is 430 g/mol. The van der Waals surface area contributed by atoms with Crippen molar-refractivity contribution in [3.8, 4) is 17.4 Å². The van der Waals surface area contributed by atoms with Crippen LogP contribution in [0.25, 0.3) is 5.82 Å². The molecule has 2 aromatic carbocycles. The molecule has 0 fully saturated rings. The minimum atomic E-state index is -0.516. The number of nitrogens with zero attached hydrogens (tertiary/aromatic N) is 5. The number of aryl methyl sites for hydroxylation is 2. The standard InChI is InChI=1S/C22H18N6O4/c1-14-11-15(2)27(26-14)20-12-21(24-13-23-20)32-19-9-5-17(6-10-19)25-22(29)16-3-7-18(8-4-16)28(30)31/h3-13H,1-2H3,(H,25,29). The van der Waals surface area contributed by atoms with Crippen LogP contribution in [-0.4, -0.2) is 30.6 Å². The summed E-state index contributed by atoms with van der Waals surface area (Å²) in [6.45, 7) is 3.84. The van der Waals surface area contributed by atoms with Gasteiger partial charge in [-0.2, -0.15) is 5.10 Å². The number of benzene rings is 2. The van der Waals surface area contributed by atoms with Crippen LogP contribution in [0.1, 0.15) is 21.7 Å². The number of nitro benzene ring substituents is 1. The number of hydrogen-bond donors (Lipinski definition) is 1. The summed E-state index contributed by atoms with van der Waals surface area (Å²) in [5.74, 6) is 1.09. The number of amides is 1. The lowest BCUT2D eigenvalue weighted by atomic mass is 10.2. The van der Waals surface area contributed by atoms with E-state index in [2.05, 4.69) is 20.4 Å². The van der Waals surface area contributed by atoms with Crippen molar-refractivity contribution in [2.24, 2.45) is 0 Å². The first-order valence-electron chi connectivity index (χ1n) is 9.58. The van der Waals surface area contributed by atoms with Crippen LogP contribution in [0.2, 0.25) is 0 Å². The Bertz CT molecular complexity index is 1280. The Morgan fingerprint density at radius 3 is 2.38 bits per heavy atom. The number of anilines is 1. The van der Waals surface area contributed by atoms with Crippen LogP contribution >= 0.6 is 0 Å². The maximum absolute atomic E-state index is 12.3. The van der Waals surface area contributed by atoms with Crippen molar-refractivity contribution < 1.29 is 14.5 Å². The number of rotatable bonds is 6. The Kier molecular flexibility index (Phi) is 5.58. The number of aromatic nitrogens is 4. The molecule has 2 aromatic heterocycles. The Labute approximate surface area is 182 Å². The third-order valence-electron chi connectivity index (χ3n) is 4.53. The summed E-state index contributed by atoms with van der Waals surface area (Å²) < 4.78 is 7.51. The van der Waals surface area contributed by atoms with Gasteiger partial charge in [-0.3, -0.25) is 14.9 Å². The molecule has 0 atom stereocenters. The SMILES string of the molecule is Cc1cc(C)n(-c2cc(Oc3ccc(NC(=O)c4ccc([N+](=O)[O-])cc4)cc3)ncn2)n1. The molecule has 10 heteroatoms. The lowest BCUT2D eigenvalue weighted by Crippen LogP contribution is -2.11. The van der Waals surface area contributed by atoms with Crippen molar-refractivity contribution in [1.82, 2.24) is 19.7 Å². The summed E-state index contributed by atoms with van der Waals surface area (Å²) in [7, 11) is 0. The number of carbonyl (C=O) groups excluding carboxylic acids is 1. The number of nitrogens with one attached hydrogen (secondary N) is 1. The molecule has 1 N–H and O–H groups in total. The van der Waals surface area contributed by atoms with Crippen molar-refractivity contribution in [2.75, 3.05) is 5.32 Å². The van der Waals surface area contributed by atoms with Crippen LogP contribution < -0.4 is 10.1 Å². The van der Waals surface area contributed by atoms with Gasteiger partial charge in [-0.1, -0.05) is 0 Å². The van der Waals surface area contributed by atoms with Crippen molar-refractivity contribution in [3.05, 3.63) is 94.1 Å². The molecule has 0 aliphatic carbocycles. The molecule has 0 aliphatic rings. The van der Waals surface area contributed by atoms with Gasteiger partial charge >= 0.3 is 0 Å². The molecule has 0 spiro atoms. The van der Waals surface area contributed by atoms with Gasteiger partial charge < -0.3 is 10.1 Å². The molecule has 2 heterocycles. The molecule has 0 unspecified atom stereocenters. The Hall–Kier alpha value is -4.60. The summed E-state index contributed by atoms with van der Waals surface area (Å²) in [6, 6.07) is 15.8. The van der Waals surface area contributed by atoms with Crippen molar-refractivity contribution in [2.45, 2.75) is 13.8 Å². The number of ether oxygens (including phenoxy) is 1. The highest BCUT2D eigenvalue weighted by Crippen LogP contribution is 2.23. The van der Waals surface area contributed by atoms with E-state index < -0.39 is 4.92 Å². The number of non-ortho nitro benzene ring substituents is 1. The molecule has 10 nitrogen and oxygen atoms in total. The van der Waals surface area contributed by atoms with Crippen LogP contribution in [0.4, 0.5) is 11.4 Å². The molecule has 0 saturated carbocycles. The van der Waals surface area contributed by atoms with Gasteiger partial charge in [0.25, 0.3) is 11.6 Å². The van der Waals surface area contributed by atoms with E-state index in [1.807, 2.05) is 19.9 Å². The summed E-state index contributed by atoms with van der Waals surface area (Å²) in [4.78, 5) is 30.9. The zero-order valence-corrected chi connectivity index (χ0v) is 17.2. The zero-order chi connectivity index (χ0) is 22.7. The van der Waals surface area contributed by atoms with Crippen molar-refractivity contribution in [3.63, 3.8) is 0 Å². The topological polar surface area (TPSA) is 125 Å². The summed E-state index contributed by atoms with van der Waals surface area (Å²) in [6.07, 6.45) is 1.40. The predicted octanol–water partition coefficient (Wildman–Crippen LogP) is 4.23. The first-order chi connectivity index (χ1) is 15.4. The van der Waals surface area contributed by atoms with Crippen LogP contribution in [0, 0.1) is 24.0 Å². The van der Waals surface area contributed by atoms with E-state index in [1.165, 1.54) is 30.6 Å². The van der Waals surface area contributed by atoms with Gasteiger partial charge in [0, 0.05) is 35.1 Å². The van der Waals surface area contributed by atoms with E-state index in [1.54, 1.807) is 35.0 Å². The molecule has 32 heavy (non-hydrogen) atoms. The fourth-order valence-electron chi connectivity index (χ4n) is 3.03. The Balaban J connectivity index is 1.43. The van der Waals surface area contributed by atoms with Crippen molar-refractivity contribution in [1.29, 1.82) is 0 Å². The van der Waals surface area contributed by atoms with Crippen LogP contribution in [0.3, 0.4) is 0 Å². The predicted molar refractivity (Wildman–Crippen MR) is 116 cm³/mol. The van der Waals surface area contributed by atoms with Gasteiger partial charge in [-0.05, 0) is 56.3 Å². The van der Waals surface area contributed by atoms with E-state index in [4.69, 9.17) is 4.74 Å². The van der Waals surface area contributed by atoms with Gasteiger partial charge in [0.1, 0.15) is 12.1 Å². The minimum Gasteiger partial charge on any atom is -0.439 e. The highest BCUT2D eigenvalue weighted by Gasteiger charge is 2.11. The molecule has 4 rings (SSSR count). The molecular formula is C22H18N6O4. The minimum absolute atomic E-state index is 0.0752. The maximum atomic E-state index is 12.3. The molecule has 160 valence electrons. The first-order valence-corrected chi connectivity index (χ1v) is 9.58. The first kappa shape index (κ1) is 20.7. The highest BCUT2D eigenvalue weighted by molar-refractivity contribution is 6.04. The van der Waals surface area contributed by atoms with Crippen LogP contribution in [-0.2, 0) is 0 Å². The zero-order valence-electron chi connectivity index (χ0n) is 17.2. The largest absolute Gasteiger partial charge is 0.439 e. The molecule has 4 aromatic rings. The van der Waals surface area contributed by atoms with E-state index in [0.717, 1.165) is 11.4 Å². The second-order valence-corrected chi connectivity index (χ2v) is 6.94. The number of hydrogen-bond acceptors (Lipinski definition) is 7. The highest BCUT2D eigenvalue weighted by atomic mass is 16.6. The Morgan fingerprint density at radius 1 is 1.03 bits per heavy atom. The summed E-state index contributed by atoms with van der Waals surface area (Å²) in [5.41, 5.74) is 2.62. The van der Waals surface area contributed by atoms with Crippen LogP contribution in [0.5, 0.6) is 11.6 Å². The molecule has 0 radical (unpaired) electrons. The fourth-order valence-corrected chi connectivity index (χ4v) is 3.03. The summed E-state index contributed by atoms with van der Waals surface area (Å²) >= 11 is 0. The molecule has 1 amide bonds. The van der Waals surface area contributed by atoms with Crippen LogP contribution in [0.15, 0.2) is 67.0 Å². The maximum Gasteiger partial charge on any atom is 0.269 e.